The molecule has 0 radical (unpaired) electrons. The molecule has 2 fully saturated rings. The summed E-state index contributed by atoms with van der Waals surface area (Å²) in [6.07, 6.45) is 5.90. The van der Waals surface area contributed by atoms with Crippen molar-refractivity contribution >= 4 is 11.7 Å². The van der Waals surface area contributed by atoms with E-state index in [-0.39, 0.29) is 6.03 Å². The highest BCUT2D eigenvalue weighted by Crippen LogP contribution is 2.30. The number of carbonyl (C=O) groups is 1. The summed E-state index contributed by atoms with van der Waals surface area (Å²) < 4.78 is 0. The number of amides is 2. The summed E-state index contributed by atoms with van der Waals surface area (Å²) in [6, 6.07) is 17.6. The molecule has 1 unspecified atom stereocenters. The summed E-state index contributed by atoms with van der Waals surface area (Å²) in [4.78, 5) is 17.5. The predicted molar refractivity (Wildman–Crippen MR) is 141 cm³/mol. The Morgan fingerprint density at radius 2 is 1.65 bits per heavy atom. The predicted octanol–water partition coefficient (Wildman–Crippen LogP) is 5.26. The number of anilines is 1. The Labute approximate surface area is 205 Å². The van der Waals surface area contributed by atoms with Gasteiger partial charge >= 0.3 is 6.03 Å². The zero-order valence-electron chi connectivity index (χ0n) is 21.2. The summed E-state index contributed by atoms with van der Waals surface area (Å²) in [6.45, 7) is 12.0. The second-order valence-corrected chi connectivity index (χ2v) is 10.4. The second-order valence-electron chi connectivity index (χ2n) is 10.4. The second kappa shape index (κ2) is 11.7. The van der Waals surface area contributed by atoms with E-state index < -0.39 is 0 Å². The molecule has 1 aliphatic carbocycles. The number of aryl methyl sites for hydroxylation is 1. The fourth-order valence-corrected chi connectivity index (χ4v) is 5.67. The number of nitrogens with one attached hydrogen (secondary N) is 2. The zero-order chi connectivity index (χ0) is 23.9. The van der Waals surface area contributed by atoms with E-state index in [9.17, 15) is 4.79 Å². The van der Waals surface area contributed by atoms with E-state index in [0.717, 1.165) is 50.5 Å². The molecule has 2 N–H and O–H groups in total. The highest BCUT2D eigenvalue weighted by Gasteiger charge is 2.27. The largest absolute Gasteiger partial charge is 0.369 e. The fraction of sp³-hybridized carbons (Fsp3) is 0.552. The van der Waals surface area contributed by atoms with Crippen LogP contribution in [0.4, 0.5) is 10.5 Å². The van der Waals surface area contributed by atoms with Crippen molar-refractivity contribution in [2.75, 3.05) is 31.1 Å². The molecule has 2 aromatic rings. The molecule has 2 aliphatic rings. The summed E-state index contributed by atoms with van der Waals surface area (Å²) in [5, 5.41) is 6.18. The van der Waals surface area contributed by atoms with Crippen LogP contribution in [0.15, 0.2) is 48.5 Å². The SMILES string of the molecule is Cc1cccc(N2CCN(C(C)CC3CCC(NC(=O)NCc4ccccc4)CC3)CC2)c1C. The topological polar surface area (TPSA) is 47.6 Å². The highest BCUT2D eigenvalue weighted by molar-refractivity contribution is 5.74. The van der Waals surface area contributed by atoms with Crippen LogP contribution in [-0.2, 0) is 6.54 Å². The molecule has 1 saturated carbocycles. The number of rotatable bonds is 7. The van der Waals surface area contributed by atoms with E-state index in [4.69, 9.17) is 0 Å². The summed E-state index contributed by atoms with van der Waals surface area (Å²) in [5.74, 6) is 0.775. The normalized spacial score (nSPS) is 22.3. The van der Waals surface area contributed by atoms with Crippen LogP contribution in [0, 0.1) is 19.8 Å². The molecule has 1 saturated heterocycles. The number of carbonyl (C=O) groups excluding carboxylic acids is 1. The number of urea groups is 1. The Bertz CT molecular complexity index is 915. The first kappa shape index (κ1) is 24.6. The quantitative estimate of drug-likeness (QED) is 0.590. The fourth-order valence-electron chi connectivity index (χ4n) is 5.67. The molecular formula is C29H42N4O. The maximum absolute atomic E-state index is 12.3. The molecule has 1 heterocycles. The summed E-state index contributed by atoms with van der Waals surface area (Å²) in [5.41, 5.74) is 5.34. The monoisotopic (exact) mass is 462 g/mol. The van der Waals surface area contributed by atoms with Crippen molar-refractivity contribution in [3.05, 3.63) is 65.2 Å². The number of benzene rings is 2. The van der Waals surface area contributed by atoms with Gasteiger partial charge in [0.25, 0.3) is 0 Å². The van der Waals surface area contributed by atoms with Gasteiger partial charge in [-0.15, -0.1) is 0 Å². The van der Waals surface area contributed by atoms with Crippen molar-refractivity contribution in [3.63, 3.8) is 0 Å². The van der Waals surface area contributed by atoms with Crippen LogP contribution in [0.25, 0.3) is 0 Å². The number of nitrogens with zero attached hydrogens (tertiary/aromatic N) is 2. The Kier molecular flexibility index (Phi) is 8.49. The Morgan fingerprint density at radius 3 is 2.35 bits per heavy atom. The zero-order valence-corrected chi connectivity index (χ0v) is 21.2. The standard InChI is InChI=1S/C29H42N4O/c1-22-8-7-11-28(24(22)3)33-18-16-32(17-19-33)23(2)20-25-12-14-27(15-13-25)31-29(34)30-21-26-9-5-4-6-10-26/h4-11,23,25,27H,12-21H2,1-3H3,(H2,30,31,34). The van der Waals surface area contributed by atoms with Gasteiger partial charge in [-0.25, -0.2) is 4.79 Å². The number of hydrogen-bond acceptors (Lipinski definition) is 3. The van der Waals surface area contributed by atoms with Gasteiger partial charge < -0.3 is 15.5 Å². The van der Waals surface area contributed by atoms with Gasteiger partial charge in [0, 0.05) is 50.5 Å². The van der Waals surface area contributed by atoms with Gasteiger partial charge in [-0.05, 0) is 81.5 Å². The minimum Gasteiger partial charge on any atom is -0.369 e. The molecule has 5 heteroatoms. The lowest BCUT2D eigenvalue weighted by Gasteiger charge is -2.41. The van der Waals surface area contributed by atoms with Gasteiger partial charge in [-0.1, -0.05) is 42.5 Å². The Morgan fingerprint density at radius 1 is 0.941 bits per heavy atom. The summed E-state index contributed by atoms with van der Waals surface area (Å²) >= 11 is 0. The van der Waals surface area contributed by atoms with Crippen LogP contribution >= 0.6 is 0 Å². The molecule has 2 amide bonds. The lowest BCUT2D eigenvalue weighted by Crippen LogP contribution is -2.50. The number of piperazine rings is 1. The van der Waals surface area contributed by atoms with E-state index in [1.54, 1.807) is 0 Å². The lowest BCUT2D eigenvalue weighted by molar-refractivity contribution is 0.154. The van der Waals surface area contributed by atoms with E-state index in [2.05, 4.69) is 59.4 Å². The van der Waals surface area contributed by atoms with Crippen molar-refractivity contribution in [1.82, 2.24) is 15.5 Å². The maximum atomic E-state index is 12.3. The van der Waals surface area contributed by atoms with Crippen LogP contribution in [0.3, 0.4) is 0 Å². The van der Waals surface area contributed by atoms with Gasteiger partial charge in [0.2, 0.25) is 0 Å². The number of hydrogen-bond donors (Lipinski definition) is 2. The molecule has 2 aromatic carbocycles. The van der Waals surface area contributed by atoms with Crippen LogP contribution in [0.2, 0.25) is 0 Å². The molecule has 34 heavy (non-hydrogen) atoms. The Balaban J connectivity index is 1.15. The molecule has 1 atom stereocenters. The smallest absolute Gasteiger partial charge is 0.315 e. The van der Waals surface area contributed by atoms with Crippen molar-refractivity contribution in [2.45, 2.75) is 71.5 Å². The van der Waals surface area contributed by atoms with E-state index in [0.29, 0.717) is 18.6 Å². The molecule has 5 nitrogen and oxygen atoms in total. The van der Waals surface area contributed by atoms with Crippen LogP contribution in [0.1, 0.15) is 55.7 Å². The highest BCUT2D eigenvalue weighted by atomic mass is 16.2. The third kappa shape index (κ3) is 6.53. The van der Waals surface area contributed by atoms with Gasteiger partial charge in [0.05, 0.1) is 0 Å². The lowest BCUT2D eigenvalue weighted by atomic mass is 9.82. The molecule has 0 spiro atoms. The van der Waals surface area contributed by atoms with Crippen molar-refractivity contribution in [3.8, 4) is 0 Å². The minimum absolute atomic E-state index is 0.0395. The van der Waals surface area contributed by atoms with Crippen molar-refractivity contribution in [1.29, 1.82) is 0 Å². The van der Waals surface area contributed by atoms with Crippen LogP contribution in [-0.4, -0.2) is 49.2 Å². The third-order valence-corrected chi connectivity index (χ3v) is 8.01. The van der Waals surface area contributed by atoms with E-state index in [1.165, 1.54) is 36.1 Å². The molecule has 1 aliphatic heterocycles. The van der Waals surface area contributed by atoms with Gasteiger partial charge in [0.15, 0.2) is 0 Å². The average molecular weight is 463 g/mol. The molecule has 0 bridgehead atoms. The summed E-state index contributed by atoms with van der Waals surface area (Å²) in [7, 11) is 0. The molecule has 0 aromatic heterocycles. The minimum atomic E-state index is -0.0395. The molecule has 184 valence electrons. The molecular weight excluding hydrogens is 420 g/mol. The van der Waals surface area contributed by atoms with Crippen molar-refractivity contribution in [2.24, 2.45) is 5.92 Å². The van der Waals surface area contributed by atoms with E-state index >= 15 is 0 Å². The van der Waals surface area contributed by atoms with E-state index in [1.807, 2.05) is 30.3 Å². The van der Waals surface area contributed by atoms with Gasteiger partial charge in [-0.2, -0.15) is 0 Å². The van der Waals surface area contributed by atoms with Crippen molar-refractivity contribution < 1.29 is 4.79 Å². The van der Waals surface area contributed by atoms with Crippen LogP contribution < -0.4 is 15.5 Å². The first-order chi connectivity index (χ1) is 16.5. The van der Waals surface area contributed by atoms with Crippen LogP contribution in [0.5, 0.6) is 0 Å². The first-order valence-corrected chi connectivity index (χ1v) is 13.1. The maximum Gasteiger partial charge on any atom is 0.315 e. The first-order valence-electron chi connectivity index (χ1n) is 13.1. The molecule has 4 rings (SSSR count). The average Bonchev–Trinajstić information content (AvgIpc) is 2.86. The third-order valence-electron chi connectivity index (χ3n) is 8.01. The van der Waals surface area contributed by atoms with Gasteiger partial charge in [-0.3, -0.25) is 4.90 Å². The van der Waals surface area contributed by atoms with Gasteiger partial charge in [0.1, 0.15) is 0 Å². The Hall–Kier alpha value is -2.53.